The molecule has 2 nitrogen and oxygen atoms in total. The molecule has 1 heterocycles. The largest absolute Gasteiger partial charge is 0.494 e. The smallest absolute Gasteiger partial charge is 0.120 e. The number of H-pyrrole nitrogens is 1. The highest BCUT2D eigenvalue weighted by Gasteiger charge is 2.06. The summed E-state index contributed by atoms with van der Waals surface area (Å²) in [6.45, 7) is 4.73. The summed E-state index contributed by atoms with van der Waals surface area (Å²) < 4.78 is 6.56. The van der Waals surface area contributed by atoms with Crippen molar-refractivity contribution in [2.75, 3.05) is 6.61 Å². The highest BCUT2D eigenvalue weighted by Crippen LogP contribution is 2.30. The van der Waals surface area contributed by atoms with Crippen molar-refractivity contribution in [3.05, 3.63) is 28.4 Å². The molecule has 0 saturated carbocycles. The Morgan fingerprint density at radius 1 is 1.43 bits per heavy atom. The van der Waals surface area contributed by atoms with Gasteiger partial charge in [-0.1, -0.05) is 0 Å². The first-order valence-corrected chi connectivity index (χ1v) is 5.42. The predicted molar refractivity (Wildman–Crippen MR) is 61.9 cm³/mol. The van der Waals surface area contributed by atoms with Crippen molar-refractivity contribution in [3.8, 4) is 5.75 Å². The summed E-state index contributed by atoms with van der Waals surface area (Å²) >= 11 is 3.55. The lowest BCUT2D eigenvalue weighted by atomic mass is 10.2. The van der Waals surface area contributed by atoms with E-state index in [0.29, 0.717) is 6.61 Å². The second-order valence-electron chi connectivity index (χ2n) is 3.20. The van der Waals surface area contributed by atoms with Gasteiger partial charge < -0.3 is 9.72 Å². The number of aromatic nitrogens is 1. The third kappa shape index (κ3) is 1.52. The molecule has 0 aliphatic rings. The highest BCUT2D eigenvalue weighted by atomic mass is 79.9. The number of aryl methyl sites for hydroxylation is 1. The molecular weight excluding hydrogens is 242 g/mol. The van der Waals surface area contributed by atoms with Crippen LogP contribution in [0.1, 0.15) is 12.6 Å². The SMILES string of the molecule is CCOc1ccc2[nH]c(C)c(Br)c2c1. The molecule has 1 aromatic heterocycles. The maximum absolute atomic E-state index is 5.44. The van der Waals surface area contributed by atoms with Gasteiger partial charge in [0.1, 0.15) is 5.75 Å². The number of ether oxygens (including phenoxy) is 1. The van der Waals surface area contributed by atoms with Crippen LogP contribution in [0, 0.1) is 6.92 Å². The van der Waals surface area contributed by atoms with E-state index in [4.69, 9.17) is 4.74 Å². The van der Waals surface area contributed by atoms with Crippen LogP contribution in [0.15, 0.2) is 22.7 Å². The average Bonchev–Trinajstić information content (AvgIpc) is 2.45. The molecule has 0 radical (unpaired) electrons. The van der Waals surface area contributed by atoms with Gasteiger partial charge in [0.2, 0.25) is 0 Å². The Morgan fingerprint density at radius 3 is 2.93 bits per heavy atom. The van der Waals surface area contributed by atoms with Crippen LogP contribution in [0.5, 0.6) is 5.75 Å². The number of halogens is 1. The summed E-state index contributed by atoms with van der Waals surface area (Å²) in [5.41, 5.74) is 2.28. The fourth-order valence-electron chi connectivity index (χ4n) is 1.53. The maximum Gasteiger partial charge on any atom is 0.120 e. The van der Waals surface area contributed by atoms with Crippen LogP contribution in [0.25, 0.3) is 10.9 Å². The predicted octanol–water partition coefficient (Wildman–Crippen LogP) is 3.64. The molecule has 0 saturated heterocycles. The third-order valence-electron chi connectivity index (χ3n) is 2.19. The molecule has 1 aromatic carbocycles. The molecule has 1 N–H and O–H groups in total. The van der Waals surface area contributed by atoms with Gasteiger partial charge in [-0.25, -0.2) is 0 Å². The lowest BCUT2D eigenvalue weighted by Crippen LogP contribution is -1.90. The maximum atomic E-state index is 5.44. The van der Waals surface area contributed by atoms with Crippen LogP contribution in [-0.4, -0.2) is 11.6 Å². The van der Waals surface area contributed by atoms with E-state index >= 15 is 0 Å². The van der Waals surface area contributed by atoms with Gasteiger partial charge in [0.15, 0.2) is 0 Å². The summed E-state index contributed by atoms with van der Waals surface area (Å²) in [6.07, 6.45) is 0. The number of benzene rings is 1. The fourth-order valence-corrected chi connectivity index (χ4v) is 1.96. The molecular formula is C11H12BrNO. The Labute approximate surface area is 91.4 Å². The van der Waals surface area contributed by atoms with Crippen LogP contribution >= 0.6 is 15.9 Å². The number of rotatable bonds is 2. The minimum absolute atomic E-state index is 0.701. The topological polar surface area (TPSA) is 25.0 Å². The molecule has 2 rings (SSSR count). The molecule has 3 heteroatoms. The minimum Gasteiger partial charge on any atom is -0.494 e. The number of hydrogen-bond acceptors (Lipinski definition) is 1. The second kappa shape index (κ2) is 3.65. The summed E-state index contributed by atoms with van der Waals surface area (Å²) in [5.74, 6) is 0.916. The number of nitrogens with one attached hydrogen (secondary N) is 1. The first-order chi connectivity index (χ1) is 6.72. The molecule has 0 bridgehead atoms. The van der Waals surface area contributed by atoms with Crippen molar-refractivity contribution in [1.29, 1.82) is 0 Å². The van der Waals surface area contributed by atoms with E-state index in [1.165, 1.54) is 5.39 Å². The molecule has 0 aliphatic carbocycles. The van der Waals surface area contributed by atoms with Gasteiger partial charge in [0, 0.05) is 21.1 Å². The van der Waals surface area contributed by atoms with Gasteiger partial charge in [-0.2, -0.15) is 0 Å². The highest BCUT2D eigenvalue weighted by molar-refractivity contribution is 9.10. The molecule has 14 heavy (non-hydrogen) atoms. The average molecular weight is 254 g/mol. The van der Waals surface area contributed by atoms with Crippen LogP contribution in [0.2, 0.25) is 0 Å². The van der Waals surface area contributed by atoms with Gasteiger partial charge in [-0.3, -0.25) is 0 Å². The molecule has 2 aromatic rings. The van der Waals surface area contributed by atoms with Crippen molar-refractivity contribution >= 4 is 26.8 Å². The van der Waals surface area contributed by atoms with Gasteiger partial charge >= 0.3 is 0 Å². The Hall–Kier alpha value is -0.960. The molecule has 0 atom stereocenters. The van der Waals surface area contributed by atoms with E-state index in [1.807, 2.05) is 32.0 Å². The van der Waals surface area contributed by atoms with Gasteiger partial charge in [0.25, 0.3) is 0 Å². The minimum atomic E-state index is 0.701. The van der Waals surface area contributed by atoms with Crippen molar-refractivity contribution in [2.45, 2.75) is 13.8 Å². The number of fused-ring (bicyclic) bond motifs is 1. The zero-order valence-electron chi connectivity index (χ0n) is 8.23. The molecule has 74 valence electrons. The Bertz CT molecular complexity index is 462. The molecule has 0 unspecified atom stereocenters. The fraction of sp³-hybridized carbons (Fsp3) is 0.273. The van der Waals surface area contributed by atoms with E-state index in [1.54, 1.807) is 0 Å². The lowest BCUT2D eigenvalue weighted by molar-refractivity contribution is 0.340. The zero-order chi connectivity index (χ0) is 10.1. The number of aromatic amines is 1. The Kier molecular flexibility index (Phi) is 2.50. The summed E-state index contributed by atoms with van der Waals surface area (Å²) in [6, 6.07) is 6.07. The third-order valence-corrected chi connectivity index (χ3v) is 3.21. The summed E-state index contributed by atoms with van der Waals surface area (Å²) in [7, 11) is 0. The van der Waals surface area contributed by atoms with E-state index in [-0.39, 0.29) is 0 Å². The van der Waals surface area contributed by atoms with Crippen molar-refractivity contribution < 1.29 is 4.74 Å². The van der Waals surface area contributed by atoms with Gasteiger partial charge in [0.05, 0.1) is 6.61 Å². The molecule has 0 spiro atoms. The molecule has 0 aliphatic heterocycles. The van der Waals surface area contributed by atoms with Crippen molar-refractivity contribution in [2.24, 2.45) is 0 Å². The quantitative estimate of drug-likeness (QED) is 0.869. The van der Waals surface area contributed by atoms with Gasteiger partial charge in [-0.05, 0) is 48.0 Å². The number of hydrogen-bond donors (Lipinski definition) is 1. The normalized spacial score (nSPS) is 10.8. The Balaban J connectivity index is 2.58. The second-order valence-corrected chi connectivity index (χ2v) is 4.00. The van der Waals surface area contributed by atoms with Crippen LogP contribution in [0.3, 0.4) is 0 Å². The Morgan fingerprint density at radius 2 is 2.21 bits per heavy atom. The van der Waals surface area contributed by atoms with Crippen molar-refractivity contribution in [3.63, 3.8) is 0 Å². The lowest BCUT2D eigenvalue weighted by Gasteiger charge is -2.01. The summed E-state index contributed by atoms with van der Waals surface area (Å²) in [5, 5.41) is 1.17. The van der Waals surface area contributed by atoms with E-state index in [0.717, 1.165) is 21.4 Å². The zero-order valence-corrected chi connectivity index (χ0v) is 9.81. The van der Waals surface area contributed by atoms with E-state index in [2.05, 4.69) is 20.9 Å². The first kappa shape index (κ1) is 9.59. The molecule has 0 amide bonds. The van der Waals surface area contributed by atoms with Crippen LogP contribution in [-0.2, 0) is 0 Å². The van der Waals surface area contributed by atoms with E-state index in [9.17, 15) is 0 Å². The van der Waals surface area contributed by atoms with E-state index < -0.39 is 0 Å². The van der Waals surface area contributed by atoms with Crippen molar-refractivity contribution in [1.82, 2.24) is 4.98 Å². The monoisotopic (exact) mass is 253 g/mol. The first-order valence-electron chi connectivity index (χ1n) is 4.63. The molecule has 0 fully saturated rings. The standard InChI is InChI=1S/C11H12BrNO/c1-3-14-8-4-5-10-9(6-8)11(12)7(2)13-10/h4-6,13H,3H2,1-2H3. The van der Waals surface area contributed by atoms with Crippen LogP contribution in [0.4, 0.5) is 0 Å². The van der Waals surface area contributed by atoms with Crippen LogP contribution < -0.4 is 4.74 Å². The van der Waals surface area contributed by atoms with Gasteiger partial charge in [-0.15, -0.1) is 0 Å². The summed E-state index contributed by atoms with van der Waals surface area (Å²) in [4.78, 5) is 3.29.